The molecule has 0 spiro atoms. The van der Waals surface area contributed by atoms with E-state index in [9.17, 15) is 0 Å². The van der Waals surface area contributed by atoms with E-state index in [0.29, 0.717) is 16.3 Å². The van der Waals surface area contributed by atoms with Gasteiger partial charge in [-0.05, 0) is 6.42 Å². The van der Waals surface area contributed by atoms with E-state index in [1.807, 2.05) is 23.5 Å². The van der Waals surface area contributed by atoms with Crippen LogP contribution >= 0.6 is 23.5 Å². The lowest BCUT2D eigenvalue weighted by atomic mass is 10.2. The fraction of sp³-hybridized carbons (Fsp3) is 0.857. The normalized spacial score (nSPS) is 31.9. The zero-order chi connectivity index (χ0) is 8.97. The van der Waals surface area contributed by atoms with Crippen LogP contribution in [0.1, 0.15) is 13.3 Å². The summed E-state index contributed by atoms with van der Waals surface area (Å²) < 4.78 is 0. The van der Waals surface area contributed by atoms with Gasteiger partial charge in [0.15, 0.2) is 0 Å². The molecule has 0 aromatic heterocycles. The second-order valence-electron chi connectivity index (χ2n) is 2.66. The Balaban J connectivity index is 2.58. The van der Waals surface area contributed by atoms with Crippen LogP contribution in [-0.4, -0.2) is 27.8 Å². The number of nitrogens with two attached hydrogens (primary N) is 2. The molecule has 0 saturated carbocycles. The van der Waals surface area contributed by atoms with Crippen molar-refractivity contribution >= 4 is 29.4 Å². The lowest BCUT2D eigenvalue weighted by Crippen LogP contribution is -2.38. The van der Waals surface area contributed by atoms with Crippen molar-refractivity contribution in [3.8, 4) is 0 Å². The summed E-state index contributed by atoms with van der Waals surface area (Å²) in [6.07, 6.45) is 1.14. The standard InChI is InChI=1S/C7H15N3S2/c1-2-5-6(7(8)10-9)12-4-3-11-5/h5-6H,2-4,9H2,1H3,(H2,8,10). The van der Waals surface area contributed by atoms with Gasteiger partial charge in [-0.3, -0.25) is 0 Å². The number of rotatable bonds is 2. The Morgan fingerprint density at radius 3 is 2.75 bits per heavy atom. The number of nitrogens with zero attached hydrogens (tertiary/aromatic N) is 1. The summed E-state index contributed by atoms with van der Waals surface area (Å²) in [5, 5.41) is 4.50. The third kappa shape index (κ3) is 2.23. The molecule has 0 aromatic carbocycles. The van der Waals surface area contributed by atoms with Gasteiger partial charge < -0.3 is 11.6 Å². The lowest BCUT2D eigenvalue weighted by Gasteiger charge is -2.28. The predicted octanol–water partition coefficient (Wildman–Crippen LogP) is 0.845. The van der Waals surface area contributed by atoms with Crippen molar-refractivity contribution in [3.63, 3.8) is 0 Å². The van der Waals surface area contributed by atoms with Gasteiger partial charge >= 0.3 is 0 Å². The van der Waals surface area contributed by atoms with Gasteiger partial charge in [0.2, 0.25) is 0 Å². The first-order valence-electron chi connectivity index (χ1n) is 4.06. The van der Waals surface area contributed by atoms with Gasteiger partial charge in [-0.1, -0.05) is 6.92 Å². The molecular formula is C7H15N3S2. The van der Waals surface area contributed by atoms with Crippen molar-refractivity contribution in [1.82, 2.24) is 0 Å². The minimum atomic E-state index is 0.332. The highest BCUT2D eigenvalue weighted by Crippen LogP contribution is 2.33. The molecule has 0 amide bonds. The molecule has 1 heterocycles. The third-order valence-electron chi connectivity index (χ3n) is 1.89. The highest BCUT2D eigenvalue weighted by molar-refractivity contribution is 8.07. The van der Waals surface area contributed by atoms with Crippen molar-refractivity contribution in [2.75, 3.05) is 11.5 Å². The predicted molar refractivity (Wildman–Crippen MR) is 58.6 cm³/mol. The Hall–Kier alpha value is -0.0300. The lowest BCUT2D eigenvalue weighted by molar-refractivity contribution is 0.855. The molecule has 3 nitrogen and oxygen atoms in total. The molecule has 1 saturated heterocycles. The average Bonchev–Trinajstić information content (AvgIpc) is 2.16. The number of hydrazone groups is 1. The van der Waals surface area contributed by atoms with Crippen LogP contribution in [0.5, 0.6) is 0 Å². The van der Waals surface area contributed by atoms with Gasteiger partial charge in [0.1, 0.15) is 5.84 Å². The van der Waals surface area contributed by atoms with Crippen LogP contribution in [0.2, 0.25) is 0 Å². The number of amidine groups is 1. The molecule has 12 heavy (non-hydrogen) atoms. The molecule has 1 rings (SSSR count). The molecule has 0 bridgehead atoms. The summed E-state index contributed by atoms with van der Waals surface area (Å²) in [6, 6.07) is 0. The Labute approximate surface area is 81.7 Å². The highest BCUT2D eigenvalue weighted by atomic mass is 32.2. The summed E-state index contributed by atoms with van der Waals surface area (Å²) in [7, 11) is 0. The van der Waals surface area contributed by atoms with Gasteiger partial charge in [-0.15, -0.1) is 11.8 Å². The Morgan fingerprint density at radius 2 is 2.17 bits per heavy atom. The summed E-state index contributed by atoms with van der Waals surface area (Å²) in [5.74, 6) is 8.13. The molecule has 1 aliphatic heterocycles. The van der Waals surface area contributed by atoms with Gasteiger partial charge in [0, 0.05) is 16.8 Å². The van der Waals surface area contributed by atoms with Crippen LogP contribution < -0.4 is 11.6 Å². The molecule has 0 aromatic rings. The van der Waals surface area contributed by atoms with Crippen LogP contribution in [0, 0.1) is 0 Å². The van der Waals surface area contributed by atoms with Gasteiger partial charge in [-0.2, -0.15) is 16.9 Å². The minimum Gasteiger partial charge on any atom is -0.385 e. The van der Waals surface area contributed by atoms with Crippen molar-refractivity contribution in [2.24, 2.45) is 16.7 Å². The molecule has 1 aliphatic rings. The van der Waals surface area contributed by atoms with Crippen molar-refractivity contribution < 1.29 is 0 Å². The largest absolute Gasteiger partial charge is 0.385 e. The first-order valence-corrected chi connectivity index (χ1v) is 6.15. The molecule has 2 atom stereocenters. The zero-order valence-electron chi connectivity index (χ0n) is 7.19. The minimum absolute atomic E-state index is 0.332. The Morgan fingerprint density at radius 1 is 1.50 bits per heavy atom. The Bertz CT molecular complexity index is 172. The average molecular weight is 205 g/mol. The highest BCUT2D eigenvalue weighted by Gasteiger charge is 2.27. The van der Waals surface area contributed by atoms with E-state index in [0.717, 1.165) is 12.2 Å². The number of hydrogen-bond acceptors (Lipinski definition) is 4. The topological polar surface area (TPSA) is 64.4 Å². The van der Waals surface area contributed by atoms with E-state index in [1.54, 1.807) is 0 Å². The van der Waals surface area contributed by atoms with Crippen LogP contribution in [0.3, 0.4) is 0 Å². The molecule has 0 radical (unpaired) electrons. The van der Waals surface area contributed by atoms with Crippen LogP contribution in [-0.2, 0) is 0 Å². The van der Waals surface area contributed by atoms with Gasteiger partial charge in [0.25, 0.3) is 0 Å². The summed E-state index contributed by atoms with van der Waals surface area (Å²) in [6.45, 7) is 2.18. The van der Waals surface area contributed by atoms with Crippen LogP contribution in [0.25, 0.3) is 0 Å². The van der Waals surface area contributed by atoms with E-state index < -0.39 is 0 Å². The first kappa shape index (κ1) is 10.1. The zero-order valence-corrected chi connectivity index (χ0v) is 8.83. The maximum Gasteiger partial charge on any atom is 0.133 e. The number of thioether (sulfide) groups is 2. The van der Waals surface area contributed by atoms with Crippen molar-refractivity contribution in [3.05, 3.63) is 0 Å². The fourth-order valence-electron chi connectivity index (χ4n) is 1.25. The molecule has 70 valence electrons. The van der Waals surface area contributed by atoms with Gasteiger partial charge in [0.05, 0.1) is 5.25 Å². The molecule has 1 fully saturated rings. The van der Waals surface area contributed by atoms with E-state index in [4.69, 9.17) is 11.6 Å². The Kier molecular flexibility index (Phi) is 4.08. The first-order chi connectivity index (χ1) is 5.79. The SMILES string of the molecule is CCC1SCCSC1C(N)=NN. The quantitative estimate of drug-likeness (QED) is 0.303. The molecule has 0 aliphatic carbocycles. The summed E-state index contributed by atoms with van der Waals surface area (Å²) in [5.41, 5.74) is 5.70. The van der Waals surface area contributed by atoms with Crippen LogP contribution in [0.4, 0.5) is 0 Å². The summed E-state index contributed by atoms with van der Waals surface area (Å²) in [4.78, 5) is 0. The second-order valence-corrected chi connectivity index (χ2v) is 5.26. The van der Waals surface area contributed by atoms with Gasteiger partial charge in [-0.25, -0.2) is 0 Å². The van der Waals surface area contributed by atoms with Crippen molar-refractivity contribution in [2.45, 2.75) is 23.8 Å². The molecule has 4 N–H and O–H groups in total. The van der Waals surface area contributed by atoms with E-state index in [1.165, 1.54) is 5.75 Å². The van der Waals surface area contributed by atoms with Crippen molar-refractivity contribution in [1.29, 1.82) is 0 Å². The molecule has 2 unspecified atom stereocenters. The smallest absolute Gasteiger partial charge is 0.133 e. The summed E-state index contributed by atoms with van der Waals surface area (Å²) >= 11 is 3.85. The van der Waals surface area contributed by atoms with E-state index in [-0.39, 0.29) is 0 Å². The van der Waals surface area contributed by atoms with E-state index >= 15 is 0 Å². The molecule has 5 heteroatoms. The number of hydrogen-bond donors (Lipinski definition) is 2. The van der Waals surface area contributed by atoms with E-state index in [2.05, 4.69) is 12.0 Å². The third-order valence-corrected chi connectivity index (χ3v) is 5.17. The maximum absolute atomic E-state index is 5.70. The second kappa shape index (κ2) is 4.87. The monoisotopic (exact) mass is 205 g/mol. The fourth-order valence-corrected chi connectivity index (χ4v) is 4.24. The molecular weight excluding hydrogens is 190 g/mol. The maximum atomic E-state index is 5.70. The van der Waals surface area contributed by atoms with Crippen LogP contribution in [0.15, 0.2) is 5.10 Å².